The standard InChI is InChI=1S/C23H18BrN3O4/c1-14-7-8-16(11-20(14)27(30)31)23(29)26-13-21(28)25-19-10-9-17(24)12-18(19)22(26)15-5-3-2-4-6-15/h2-12,22H,13H2,1H3,(H,25,28). The number of hydrogen-bond donors (Lipinski definition) is 1. The molecule has 1 heterocycles. The minimum Gasteiger partial charge on any atom is -0.324 e. The van der Waals surface area contributed by atoms with Crippen LogP contribution in [0.3, 0.4) is 0 Å². The molecule has 31 heavy (non-hydrogen) atoms. The molecule has 2 amide bonds. The Morgan fingerprint density at radius 2 is 1.87 bits per heavy atom. The van der Waals surface area contributed by atoms with Gasteiger partial charge in [0, 0.05) is 32.9 Å². The van der Waals surface area contributed by atoms with Gasteiger partial charge in [0.2, 0.25) is 5.91 Å². The first-order chi connectivity index (χ1) is 14.8. The fraction of sp³-hybridized carbons (Fsp3) is 0.130. The van der Waals surface area contributed by atoms with Gasteiger partial charge in [-0.2, -0.15) is 0 Å². The van der Waals surface area contributed by atoms with Crippen molar-refractivity contribution < 1.29 is 14.5 Å². The molecule has 156 valence electrons. The topological polar surface area (TPSA) is 92.6 Å². The molecule has 0 aromatic heterocycles. The van der Waals surface area contributed by atoms with Crippen LogP contribution in [0.25, 0.3) is 0 Å². The predicted octanol–water partition coefficient (Wildman–Crippen LogP) is 4.85. The number of hydrogen-bond acceptors (Lipinski definition) is 4. The molecule has 3 aromatic rings. The summed E-state index contributed by atoms with van der Waals surface area (Å²) >= 11 is 3.48. The number of amides is 2. The van der Waals surface area contributed by atoms with E-state index in [1.54, 1.807) is 25.1 Å². The van der Waals surface area contributed by atoms with Crippen LogP contribution in [0.5, 0.6) is 0 Å². The number of halogens is 1. The van der Waals surface area contributed by atoms with Crippen LogP contribution in [0.15, 0.2) is 71.2 Å². The van der Waals surface area contributed by atoms with Crippen molar-refractivity contribution in [1.82, 2.24) is 4.90 Å². The highest BCUT2D eigenvalue weighted by Crippen LogP contribution is 2.38. The van der Waals surface area contributed by atoms with Crippen LogP contribution in [0, 0.1) is 17.0 Å². The number of fused-ring (bicyclic) bond motifs is 1. The van der Waals surface area contributed by atoms with Crippen LogP contribution in [-0.2, 0) is 4.79 Å². The van der Waals surface area contributed by atoms with E-state index in [0.717, 1.165) is 15.6 Å². The van der Waals surface area contributed by atoms with Gasteiger partial charge in [-0.05, 0) is 36.8 Å². The summed E-state index contributed by atoms with van der Waals surface area (Å²) in [5.41, 5.74) is 2.68. The number of aryl methyl sites for hydroxylation is 1. The van der Waals surface area contributed by atoms with Crippen molar-refractivity contribution >= 4 is 39.1 Å². The molecule has 0 fully saturated rings. The van der Waals surface area contributed by atoms with Gasteiger partial charge in [0.25, 0.3) is 11.6 Å². The summed E-state index contributed by atoms with van der Waals surface area (Å²) < 4.78 is 0.807. The first kappa shape index (κ1) is 20.7. The Balaban J connectivity index is 1.88. The molecule has 1 atom stereocenters. The van der Waals surface area contributed by atoms with Gasteiger partial charge in [0.15, 0.2) is 0 Å². The van der Waals surface area contributed by atoms with E-state index in [0.29, 0.717) is 11.3 Å². The fourth-order valence-electron chi connectivity index (χ4n) is 3.77. The van der Waals surface area contributed by atoms with Crippen LogP contribution >= 0.6 is 15.9 Å². The number of nitro benzene ring substituents is 1. The molecule has 1 aliphatic heterocycles. The summed E-state index contributed by atoms with van der Waals surface area (Å²) in [5.74, 6) is -0.795. The number of nitro groups is 1. The Bertz CT molecular complexity index is 1200. The normalized spacial score (nSPS) is 15.6. The predicted molar refractivity (Wildman–Crippen MR) is 120 cm³/mol. The van der Waals surface area contributed by atoms with Crippen molar-refractivity contribution in [1.29, 1.82) is 0 Å². The maximum atomic E-state index is 13.6. The van der Waals surface area contributed by atoms with Crippen molar-refractivity contribution in [2.24, 2.45) is 0 Å². The van der Waals surface area contributed by atoms with Crippen molar-refractivity contribution in [3.05, 3.63) is 104 Å². The molecule has 0 aliphatic carbocycles. The molecule has 4 rings (SSSR count). The number of carbonyl (C=O) groups is 2. The van der Waals surface area contributed by atoms with E-state index in [1.807, 2.05) is 42.5 Å². The van der Waals surface area contributed by atoms with Gasteiger partial charge < -0.3 is 10.2 Å². The fourth-order valence-corrected chi connectivity index (χ4v) is 4.14. The number of anilines is 1. The number of carbonyl (C=O) groups excluding carboxylic acids is 2. The first-order valence-electron chi connectivity index (χ1n) is 9.55. The zero-order valence-electron chi connectivity index (χ0n) is 16.5. The smallest absolute Gasteiger partial charge is 0.273 e. The molecule has 0 spiro atoms. The Hall–Kier alpha value is -3.52. The van der Waals surface area contributed by atoms with Crippen LogP contribution in [0.1, 0.15) is 33.1 Å². The summed E-state index contributed by atoms with van der Waals surface area (Å²) in [5, 5.41) is 14.2. The Labute approximate surface area is 187 Å². The molecule has 1 N–H and O–H groups in total. The van der Waals surface area contributed by atoms with E-state index in [-0.39, 0.29) is 23.7 Å². The summed E-state index contributed by atoms with van der Waals surface area (Å²) in [4.78, 5) is 38.6. The number of benzene rings is 3. The Kier molecular flexibility index (Phi) is 5.56. The molecule has 7 nitrogen and oxygen atoms in total. The lowest BCUT2D eigenvalue weighted by Gasteiger charge is -2.30. The molecular weight excluding hydrogens is 462 g/mol. The second kappa shape index (κ2) is 8.31. The quantitative estimate of drug-likeness (QED) is 0.429. The summed E-state index contributed by atoms with van der Waals surface area (Å²) in [6, 6.07) is 18.7. The van der Waals surface area contributed by atoms with Crippen molar-refractivity contribution in [2.75, 3.05) is 11.9 Å². The summed E-state index contributed by atoms with van der Waals surface area (Å²) in [6.07, 6.45) is 0. The molecule has 0 saturated heterocycles. The van der Waals surface area contributed by atoms with Gasteiger partial charge >= 0.3 is 0 Å². The van der Waals surface area contributed by atoms with E-state index in [4.69, 9.17) is 0 Å². The minimum atomic E-state index is -0.555. The highest BCUT2D eigenvalue weighted by Gasteiger charge is 2.34. The van der Waals surface area contributed by atoms with Crippen LogP contribution in [-0.4, -0.2) is 28.2 Å². The Morgan fingerprint density at radius 3 is 2.58 bits per heavy atom. The molecule has 3 aromatic carbocycles. The van der Waals surface area contributed by atoms with Gasteiger partial charge in [-0.1, -0.05) is 52.3 Å². The molecule has 1 aliphatic rings. The molecule has 1 unspecified atom stereocenters. The SMILES string of the molecule is Cc1ccc(C(=O)N2CC(=O)Nc3ccc(Br)cc3C2c2ccccc2)cc1[N+](=O)[O-]. The third-order valence-corrected chi connectivity index (χ3v) is 5.73. The zero-order valence-corrected chi connectivity index (χ0v) is 18.1. The van der Waals surface area contributed by atoms with Gasteiger partial charge in [0.1, 0.15) is 6.54 Å². The lowest BCUT2D eigenvalue weighted by atomic mass is 9.95. The van der Waals surface area contributed by atoms with Crippen LogP contribution in [0.2, 0.25) is 0 Å². The van der Waals surface area contributed by atoms with Gasteiger partial charge in [-0.15, -0.1) is 0 Å². The lowest BCUT2D eigenvalue weighted by molar-refractivity contribution is -0.385. The largest absolute Gasteiger partial charge is 0.324 e. The number of rotatable bonds is 3. The molecule has 0 saturated carbocycles. The zero-order chi connectivity index (χ0) is 22.1. The average Bonchev–Trinajstić information content (AvgIpc) is 2.89. The van der Waals surface area contributed by atoms with Crippen LogP contribution < -0.4 is 5.32 Å². The monoisotopic (exact) mass is 479 g/mol. The molecule has 0 radical (unpaired) electrons. The van der Waals surface area contributed by atoms with E-state index in [9.17, 15) is 19.7 Å². The summed E-state index contributed by atoms with van der Waals surface area (Å²) in [6.45, 7) is 1.43. The highest BCUT2D eigenvalue weighted by atomic mass is 79.9. The maximum Gasteiger partial charge on any atom is 0.273 e. The van der Waals surface area contributed by atoms with E-state index >= 15 is 0 Å². The van der Waals surface area contributed by atoms with Gasteiger partial charge in [-0.3, -0.25) is 19.7 Å². The maximum absolute atomic E-state index is 13.6. The van der Waals surface area contributed by atoms with Crippen molar-refractivity contribution in [3.8, 4) is 0 Å². The van der Waals surface area contributed by atoms with Crippen molar-refractivity contribution in [3.63, 3.8) is 0 Å². The summed E-state index contributed by atoms with van der Waals surface area (Å²) in [7, 11) is 0. The third-order valence-electron chi connectivity index (χ3n) is 5.24. The second-order valence-corrected chi connectivity index (χ2v) is 8.20. The molecular formula is C23H18BrN3O4. The average molecular weight is 480 g/mol. The van der Waals surface area contributed by atoms with Crippen molar-refractivity contribution in [2.45, 2.75) is 13.0 Å². The number of nitrogens with one attached hydrogen (secondary N) is 1. The van der Waals surface area contributed by atoms with E-state index < -0.39 is 16.9 Å². The highest BCUT2D eigenvalue weighted by molar-refractivity contribution is 9.10. The first-order valence-corrected chi connectivity index (χ1v) is 10.3. The third kappa shape index (κ3) is 4.06. The lowest BCUT2D eigenvalue weighted by Crippen LogP contribution is -2.39. The minimum absolute atomic E-state index is 0.135. The Morgan fingerprint density at radius 1 is 1.13 bits per heavy atom. The molecule has 8 heteroatoms. The second-order valence-electron chi connectivity index (χ2n) is 7.28. The number of nitrogens with zero attached hydrogens (tertiary/aromatic N) is 2. The van der Waals surface area contributed by atoms with E-state index in [2.05, 4.69) is 21.2 Å². The van der Waals surface area contributed by atoms with Gasteiger partial charge in [0.05, 0.1) is 11.0 Å². The van der Waals surface area contributed by atoms with Crippen LogP contribution in [0.4, 0.5) is 11.4 Å². The van der Waals surface area contributed by atoms with E-state index in [1.165, 1.54) is 11.0 Å². The molecule has 0 bridgehead atoms. The van der Waals surface area contributed by atoms with Gasteiger partial charge in [-0.25, -0.2) is 0 Å².